The fourth-order valence-corrected chi connectivity index (χ4v) is 3.32. The fourth-order valence-electron chi connectivity index (χ4n) is 1.91. The lowest BCUT2D eigenvalue weighted by Gasteiger charge is -2.12. The third kappa shape index (κ3) is 4.83. The van der Waals surface area contributed by atoms with Crippen molar-refractivity contribution in [2.45, 2.75) is 19.9 Å². The Labute approximate surface area is 152 Å². The molecule has 1 aromatic heterocycles. The Morgan fingerprint density at radius 1 is 1.33 bits per heavy atom. The van der Waals surface area contributed by atoms with Gasteiger partial charge in [0.2, 0.25) is 0 Å². The van der Waals surface area contributed by atoms with Gasteiger partial charge in [0.25, 0.3) is 5.91 Å². The predicted molar refractivity (Wildman–Crippen MR) is 92.3 cm³/mol. The number of hydrogen-bond donors (Lipinski definition) is 2. The summed E-state index contributed by atoms with van der Waals surface area (Å²) in [6.07, 6.45) is 0. The highest BCUT2D eigenvalue weighted by Gasteiger charge is 2.19. The molecule has 0 fully saturated rings. The summed E-state index contributed by atoms with van der Waals surface area (Å²) in [6, 6.07) is 4.23. The molecule has 2 rings (SSSR count). The van der Waals surface area contributed by atoms with Crippen molar-refractivity contribution >= 4 is 46.4 Å². The van der Waals surface area contributed by atoms with Gasteiger partial charge in [-0.1, -0.05) is 23.2 Å². The molecule has 0 aliphatic heterocycles. The largest absolute Gasteiger partial charge is 0.484 e. The van der Waals surface area contributed by atoms with E-state index < -0.39 is 12.0 Å². The Balaban J connectivity index is 1.94. The third-order valence-corrected chi connectivity index (χ3v) is 4.73. The summed E-state index contributed by atoms with van der Waals surface area (Å²) in [5.74, 6) is -1.02. The molecular weight excluding hydrogens is 375 g/mol. The van der Waals surface area contributed by atoms with E-state index in [1.54, 1.807) is 32.0 Å². The Hall–Kier alpha value is -1.83. The molecule has 1 unspecified atom stereocenters. The molecule has 2 aromatic rings. The first-order valence-electron chi connectivity index (χ1n) is 6.85. The van der Waals surface area contributed by atoms with E-state index in [2.05, 4.69) is 10.3 Å². The number of carboxylic acids is 1. The van der Waals surface area contributed by atoms with Gasteiger partial charge in [-0.2, -0.15) is 0 Å². The van der Waals surface area contributed by atoms with Crippen LogP contribution < -0.4 is 10.1 Å². The lowest BCUT2D eigenvalue weighted by molar-refractivity contribution is -0.123. The lowest BCUT2D eigenvalue weighted by Crippen LogP contribution is -2.31. The summed E-state index contributed by atoms with van der Waals surface area (Å²) in [4.78, 5) is 27.3. The van der Waals surface area contributed by atoms with Crippen LogP contribution in [0.4, 0.5) is 0 Å². The normalized spacial score (nSPS) is 11.8. The third-order valence-electron chi connectivity index (χ3n) is 2.96. The molecule has 1 heterocycles. The van der Waals surface area contributed by atoms with Gasteiger partial charge < -0.3 is 15.2 Å². The summed E-state index contributed by atoms with van der Waals surface area (Å²) in [5.41, 5.74) is 0.424. The summed E-state index contributed by atoms with van der Waals surface area (Å²) in [7, 11) is 0. The van der Waals surface area contributed by atoms with E-state index in [0.29, 0.717) is 26.5 Å². The van der Waals surface area contributed by atoms with Crippen molar-refractivity contribution in [2.75, 3.05) is 6.61 Å². The van der Waals surface area contributed by atoms with Crippen LogP contribution in [0.25, 0.3) is 0 Å². The van der Waals surface area contributed by atoms with Gasteiger partial charge >= 0.3 is 5.97 Å². The zero-order valence-electron chi connectivity index (χ0n) is 12.8. The average Bonchev–Trinajstić information content (AvgIpc) is 2.86. The van der Waals surface area contributed by atoms with Crippen LogP contribution in [0, 0.1) is 6.92 Å². The van der Waals surface area contributed by atoms with E-state index in [4.69, 9.17) is 33.0 Å². The highest BCUT2D eigenvalue weighted by atomic mass is 35.5. The number of nitrogens with one attached hydrogen (secondary N) is 1. The van der Waals surface area contributed by atoms with Gasteiger partial charge in [-0.25, -0.2) is 9.78 Å². The zero-order chi connectivity index (χ0) is 17.9. The number of aromatic nitrogens is 1. The Morgan fingerprint density at radius 3 is 2.50 bits per heavy atom. The van der Waals surface area contributed by atoms with Crippen LogP contribution in [-0.2, 0) is 4.79 Å². The molecule has 0 saturated carbocycles. The van der Waals surface area contributed by atoms with Crippen molar-refractivity contribution in [3.63, 3.8) is 0 Å². The molecule has 6 nitrogen and oxygen atoms in total. The van der Waals surface area contributed by atoms with Crippen molar-refractivity contribution in [1.82, 2.24) is 10.3 Å². The van der Waals surface area contributed by atoms with Crippen LogP contribution in [0.3, 0.4) is 0 Å². The number of carboxylic acid groups (broad SMARTS) is 1. The second kappa shape index (κ2) is 7.83. The molecule has 9 heteroatoms. The van der Waals surface area contributed by atoms with Crippen molar-refractivity contribution in [3.8, 4) is 5.75 Å². The van der Waals surface area contributed by atoms with Gasteiger partial charge in [0.1, 0.15) is 15.6 Å². The van der Waals surface area contributed by atoms with Gasteiger partial charge in [-0.3, -0.25) is 4.79 Å². The van der Waals surface area contributed by atoms with Gasteiger partial charge in [-0.15, -0.1) is 11.3 Å². The molecule has 0 aliphatic carbocycles. The lowest BCUT2D eigenvalue weighted by atomic mass is 10.3. The maximum absolute atomic E-state index is 12.0. The summed E-state index contributed by atoms with van der Waals surface area (Å²) >= 11 is 12.7. The predicted octanol–water partition coefficient (Wildman–Crippen LogP) is 3.71. The number of carbonyl (C=O) groups is 2. The molecule has 0 saturated heterocycles. The number of ether oxygens (including phenoxy) is 1. The molecule has 0 bridgehead atoms. The highest BCUT2D eigenvalue weighted by Crippen LogP contribution is 2.25. The number of halogens is 2. The van der Waals surface area contributed by atoms with E-state index in [1.165, 1.54) is 0 Å². The van der Waals surface area contributed by atoms with E-state index in [0.717, 1.165) is 11.3 Å². The molecule has 1 aromatic carbocycles. The quantitative estimate of drug-likeness (QED) is 0.786. The number of aryl methyl sites for hydroxylation is 1. The molecule has 0 spiro atoms. The first-order valence-corrected chi connectivity index (χ1v) is 8.42. The monoisotopic (exact) mass is 388 g/mol. The van der Waals surface area contributed by atoms with Crippen LogP contribution in [0.15, 0.2) is 18.2 Å². The first kappa shape index (κ1) is 18.5. The molecule has 1 atom stereocenters. The molecular formula is C15H14Cl2N2O4S. The Bertz CT molecular complexity index is 759. The second-order valence-corrected chi connectivity index (χ2v) is 6.86. The molecule has 1 amide bonds. The highest BCUT2D eigenvalue weighted by molar-refractivity contribution is 7.13. The van der Waals surface area contributed by atoms with Crippen LogP contribution >= 0.6 is 34.5 Å². The van der Waals surface area contributed by atoms with Gasteiger partial charge in [0.15, 0.2) is 6.61 Å². The second-order valence-electron chi connectivity index (χ2n) is 4.95. The number of thiazole rings is 1. The minimum Gasteiger partial charge on any atom is -0.484 e. The number of hydrogen-bond acceptors (Lipinski definition) is 5. The number of aromatic carboxylic acids is 1. The van der Waals surface area contributed by atoms with Crippen LogP contribution in [0.2, 0.25) is 10.0 Å². The van der Waals surface area contributed by atoms with Crippen molar-refractivity contribution in [2.24, 2.45) is 0 Å². The standard InChI is InChI=1S/C15H14Cl2N2O4S/c1-7-13(15(21)22)24-14(19-7)8(2)18-12(20)6-23-11-4-9(16)3-10(17)5-11/h3-5,8H,6H2,1-2H3,(H,18,20)(H,21,22). The topological polar surface area (TPSA) is 88.5 Å². The van der Waals surface area contributed by atoms with Crippen LogP contribution in [0.5, 0.6) is 5.75 Å². The molecule has 128 valence electrons. The smallest absolute Gasteiger partial charge is 0.347 e. The summed E-state index contributed by atoms with van der Waals surface area (Å²) in [6.45, 7) is 3.11. The van der Waals surface area contributed by atoms with Crippen molar-refractivity contribution in [1.29, 1.82) is 0 Å². The SMILES string of the molecule is Cc1nc(C(C)NC(=O)COc2cc(Cl)cc(Cl)c2)sc1C(=O)O. The van der Waals surface area contributed by atoms with Crippen LogP contribution in [-0.4, -0.2) is 28.6 Å². The number of carbonyl (C=O) groups excluding carboxylic acids is 1. The number of rotatable bonds is 6. The summed E-state index contributed by atoms with van der Waals surface area (Å²) < 4.78 is 5.34. The first-order chi connectivity index (χ1) is 11.3. The van der Waals surface area contributed by atoms with E-state index in [1.807, 2.05) is 0 Å². The molecule has 0 radical (unpaired) electrons. The zero-order valence-corrected chi connectivity index (χ0v) is 15.1. The van der Waals surface area contributed by atoms with Crippen LogP contribution in [0.1, 0.15) is 33.3 Å². The number of amides is 1. The average molecular weight is 389 g/mol. The van der Waals surface area contributed by atoms with Gasteiger partial charge in [0, 0.05) is 10.0 Å². The van der Waals surface area contributed by atoms with Gasteiger partial charge in [0.05, 0.1) is 11.7 Å². The Kier molecular flexibility index (Phi) is 6.04. The minimum absolute atomic E-state index is 0.163. The maximum atomic E-state index is 12.0. The maximum Gasteiger partial charge on any atom is 0.347 e. The molecule has 0 aliphatic rings. The van der Waals surface area contributed by atoms with Gasteiger partial charge in [-0.05, 0) is 32.0 Å². The number of benzene rings is 1. The fraction of sp³-hybridized carbons (Fsp3) is 0.267. The molecule has 24 heavy (non-hydrogen) atoms. The molecule has 2 N–H and O–H groups in total. The van der Waals surface area contributed by atoms with Crippen molar-refractivity contribution in [3.05, 3.63) is 43.8 Å². The van der Waals surface area contributed by atoms with E-state index >= 15 is 0 Å². The van der Waals surface area contributed by atoms with E-state index in [9.17, 15) is 9.59 Å². The summed E-state index contributed by atoms with van der Waals surface area (Å²) in [5, 5.41) is 13.1. The van der Waals surface area contributed by atoms with E-state index in [-0.39, 0.29) is 17.4 Å². The Morgan fingerprint density at radius 2 is 1.96 bits per heavy atom. The minimum atomic E-state index is -1.03. The number of nitrogens with zero attached hydrogens (tertiary/aromatic N) is 1. The van der Waals surface area contributed by atoms with Crippen molar-refractivity contribution < 1.29 is 19.4 Å².